The third kappa shape index (κ3) is 4.79. The largest absolute Gasteiger partial charge is 0.338 e. The molecule has 130 valence electrons. The van der Waals surface area contributed by atoms with Crippen LogP contribution in [0.1, 0.15) is 5.89 Å². The van der Waals surface area contributed by atoms with E-state index in [1.807, 2.05) is 16.8 Å². The van der Waals surface area contributed by atoms with Crippen molar-refractivity contribution in [1.29, 1.82) is 0 Å². The number of thiophene rings is 1. The van der Waals surface area contributed by atoms with Crippen molar-refractivity contribution in [3.63, 3.8) is 0 Å². The van der Waals surface area contributed by atoms with Crippen molar-refractivity contribution in [2.45, 2.75) is 6.54 Å². The van der Waals surface area contributed by atoms with Gasteiger partial charge in [-0.15, -0.1) is 0 Å². The fourth-order valence-electron chi connectivity index (χ4n) is 2.13. The van der Waals surface area contributed by atoms with Crippen molar-refractivity contribution in [3.05, 3.63) is 51.0 Å². The fourth-order valence-corrected chi connectivity index (χ4v) is 3.07. The van der Waals surface area contributed by atoms with Crippen LogP contribution in [0.15, 0.2) is 39.5 Å². The Hall–Kier alpha value is -1.93. The Balaban J connectivity index is 1.54. The van der Waals surface area contributed by atoms with E-state index in [1.165, 1.54) is 0 Å². The molecule has 0 fully saturated rings. The molecular weight excluding hydrogens is 383 g/mol. The molecule has 2 aromatic heterocycles. The molecule has 0 atom stereocenters. The molecule has 25 heavy (non-hydrogen) atoms. The van der Waals surface area contributed by atoms with Crippen molar-refractivity contribution >= 4 is 46.1 Å². The summed E-state index contributed by atoms with van der Waals surface area (Å²) < 4.78 is 5.23. The molecule has 0 unspecified atom stereocenters. The normalized spacial score (nSPS) is 11.0. The summed E-state index contributed by atoms with van der Waals surface area (Å²) in [5.41, 5.74) is 1.50. The molecule has 0 bridgehead atoms. The van der Waals surface area contributed by atoms with Crippen LogP contribution in [0.3, 0.4) is 0 Å². The first kappa shape index (κ1) is 17.9. The minimum atomic E-state index is -0.182. The van der Waals surface area contributed by atoms with E-state index in [0.717, 1.165) is 5.56 Å². The third-order valence-corrected chi connectivity index (χ3v) is 4.69. The van der Waals surface area contributed by atoms with E-state index >= 15 is 0 Å². The number of rotatable bonds is 6. The van der Waals surface area contributed by atoms with Gasteiger partial charge in [-0.3, -0.25) is 9.69 Å². The molecule has 6 nitrogen and oxygen atoms in total. The second kappa shape index (κ2) is 7.97. The van der Waals surface area contributed by atoms with Crippen molar-refractivity contribution in [2.75, 3.05) is 18.9 Å². The molecule has 0 spiro atoms. The van der Waals surface area contributed by atoms with Gasteiger partial charge in [-0.25, -0.2) is 0 Å². The van der Waals surface area contributed by atoms with E-state index in [2.05, 4.69) is 15.5 Å². The van der Waals surface area contributed by atoms with Gasteiger partial charge < -0.3 is 9.84 Å². The lowest BCUT2D eigenvalue weighted by molar-refractivity contribution is -0.117. The maximum absolute atomic E-state index is 12.1. The van der Waals surface area contributed by atoms with Crippen LogP contribution >= 0.6 is 34.5 Å². The number of anilines is 1. The molecular formula is C16H14Cl2N4O2S. The van der Waals surface area contributed by atoms with E-state index in [1.54, 1.807) is 41.5 Å². The molecule has 0 saturated carbocycles. The minimum Gasteiger partial charge on any atom is -0.338 e. The standard InChI is InChI=1S/C16H14Cl2N4O2S/c1-22(7-14(23)19-11-2-3-12(17)13(18)6-11)8-15-20-16(21-24-15)10-4-5-25-9-10/h2-6,9H,7-8H2,1H3,(H,19,23). The van der Waals surface area contributed by atoms with Crippen molar-refractivity contribution in [2.24, 2.45) is 0 Å². The van der Waals surface area contributed by atoms with Crippen LogP contribution in [-0.2, 0) is 11.3 Å². The lowest BCUT2D eigenvalue weighted by atomic mass is 10.3. The number of halogens is 2. The van der Waals surface area contributed by atoms with Gasteiger partial charge in [-0.05, 0) is 36.7 Å². The van der Waals surface area contributed by atoms with E-state index < -0.39 is 0 Å². The van der Waals surface area contributed by atoms with Gasteiger partial charge in [0.25, 0.3) is 0 Å². The molecule has 9 heteroatoms. The molecule has 0 saturated heterocycles. The average Bonchev–Trinajstić information content (AvgIpc) is 3.21. The number of hydrogen-bond donors (Lipinski definition) is 1. The first-order valence-electron chi connectivity index (χ1n) is 7.30. The number of carbonyl (C=O) groups is 1. The molecule has 1 N–H and O–H groups in total. The second-order valence-corrected chi connectivity index (χ2v) is 6.97. The van der Waals surface area contributed by atoms with Gasteiger partial charge in [0.2, 0.25) is 17.6 Å². The predicted molar refractivity (Wildman–Crippen MR) is 99.0 cm³/mol. The van der Waals surface area contributed by atoms with E-state index in [0.29, 0.717) is 34.0 Å². The molecule has 0 aliphatic rings. The Bertz CT molecular complexity index is 867. The number of amides is 1. The van der Waals surface area contributed by atoms with Gasteiger partial charge >= 0.3 is 0 Å². The van der Waals surface area contributed by atoms with Crippen LogP contribution in [0.2, 0.25) is 10.0 Å². The van der Waals surface area contributed by atoms with Crippen LogP contribution in [0.25, 0.3) is 11.4 Å². The summed E-state index contributed by atoms with van der Waals surface area (Å²) in [6.07, 6.45) is 0. The van der Waals surface area contributed by atoms with Crippen LogP contribution in [-0.4, -0.2) is 34.5 Å². The summed E-state index contributed by atoms with van der Waals surface area (Å²) in [5, 5.41) is 11.4. The van der Waals surface area contributed by atoms with Crippen molar-refractivity contribution in [1.82, 2.24) is 15.0 Å². The topological polar surface area (TPSA) is 71.3 Å². The van der Waals surface area contributed by atoms with Crippen LogP contribution in [0.4, 0.5) is 5.69 Å². The first-order valence-corrected chi connectivity index (χ1v) is 9.00. The highest BCUT2D eigenvalue weighted by Crippen LogP contribution is 2.25. The van der Waals surface area contributed by atoms with Gasteiger partial charge in [-0.2, -0.15) is 16.3 Å². The Morgan fingerprint density at radius 1 is 1.32 bits per heavy atom. The van der Waals surface area contributed by atoms with Gasteiger partial charge in [0.05, 0.1) is 23.1 Å². The molecule has 3 rings (SSSR count). The fraction of sp³-hybridized carbons (Fsp3) is 0.188. The number of nitrogens with zero attached hydrogens (tertiary/aromatic N) is 3. The van der Waals surface area contributed by atoms with E-state index in [4.69, 9.17) is 27.7 Å². The quantitative estimate of drug-likeness (QED) is 0.676. The third-order valence-electron chi connectivity index (χ3n) is 3.27. The van der Waals surface area contributed by atoms with Gasteiger partial charge in [0.1, 0.15) is 0 Å². The van der Waals surface area contributed by atoms with Crippen LogP contribution < -0.4 is 5.32 Å². The van der Waals surface area contributed by atoms with Gasteiger partial charge in [0.15, 0.2) is 0 Å². The van der Waals surface area contributed by atoms with E-state index in [9.17, 15) is 4.79 Å². The van der Waals surface area contributed by atoms with E-state index in [-0.39, 0.29) is 12.5 Å². The zero-order valence-electron chi connectivity index (χ0n) is 13.2. The van der Waals surface area contributed by atoms with Crippen LogP contribution in [0.5, 0.6) is 0 Å². The maximum Gasteiger partial charge on any atom is 0.241 e. The SMILES string of the molecule is CN(CC(=O)Nc1ccc(Cl)c(Cl)c1)Cc1nc(-c2ccsc2)no1. The summed E-state index contributed by atoms with van der Waals surface area (Å²) in [6.45, 7) is 0.530. The second-order valence-electron chi connectivity index (χ2n) is 5.37. The van der Waals surface area contributed by atoms with Gasteiger partial charge in [-0.1, -0.05) is 28.4 Å². The Labute approximate surface area is 158 Å². The highest BCUT2D eigenvalue weighted by molar-refractivity contribution is 7.08. The minimum absolute atomic E-state index is 0.163. The highest BCUT2D eigenvalue weighted by atomic mass is 35.5. The zero-order valence-corrected chi connectivity index (χ0v) is 15.5. The monoisotopic (exact) mass is 396 g/mol. The molecule has 1 amide bonds. The molecule has 0 aliphatic carbocycles. The summed E-state index contributed by atoms with van der Waals surface area (Å²) in [5.74, 6) is 0.814. The Kier molecular flexibility index (Phi) is 5.70. The number of benzene rings is 1. The smallest absolute Gasteiger partial charge is 0.241 e. The first-order chi connectivity index (χ1) is 12.0. The number of nitrogens with one attached hydrogen (secondary N) is 1. The number of likely N-dealkylation sites (N-methyl/N-ethyl adjacent to an activating group) is 1. The lowest BCUT2D eigenvalue weighted by Gasteiger charge is -2.14. The lowest BCUT2D eigenvalue weighted by Crippen LogP contribution is -2.29. The summed E-state index contributed by atoms with van der Waals surface area (Å²) in [6, 6.07) is 6.85. The number of hydrogen-bond acceptors (Lipinski definition) is 6. The molecule has 1 aromatic carbocycles. The summed E-state index contributed by atoms with van der Waals surface area (Å²) in [7, 11) is 1.79. The van der Waals surface area contributed by atoms with Gasteiger partial charge in [0, 0.05) is 16.6 Å². The molecule has 2 heterocycles. The Morgan fingerprint density at radius 3 is 2.88 bits per heavy atom. The maximum atomic E-state index is 12.1. The Morgan fingerprint density at radius 2 is 2.16 bits per heavy atom. The van der Waals surface area contributed by atoms with Crippen molar-refractivity contribution < 1.29 is 9.32 Å². The number of aromatic nitrogens is 2. The molecule has 0 radical (unpaired) electrons. The predicted octanol–water partition coefficient (Wildman–Crippen LogP) is 4.18. The molecule has 3 aromatic rings. The van der Waals surface area contributed by atoms with Crippen LogP contribution in [0, 0.1) is 0 Å². The zero-order chi connectivity index (χ0) is 17.8. The van der Waals surface area contributed by atoms with Crippen molar-refractivity contribution in [3.8, 4) is 11.4 Å². The number of carbonyl (C=O) groups excluding carboxylic acids is 1. The molecule has 0 aliphatic heterocycles. The highest BCUT2D eigenvalue weighted by Gasteiger charge is 2.13. The summed E-state index contributed by atoms with van der Waals surface area (Å²) >= 11 is 13.4. The average molecular weight is 397 g/mol. The summed E-state index contributed by atoms with van der Waals surface area (Å²) in [4.78, 5) is 18.2.